The second kappa shape index (κ2) is 3.85. The second-order valence-electron chi connectivity index (χ2n) is 2.91. The van der Waals surface area contributed by atoms with Crippen molar-refractivity contribution in [2.45, 2.75) is 20.4 Å². The Morgan fingerprint density at radius 3 is 2.92 bits per heavy atom. The molecule has 0 saturated carbocycles. The van der Waals surface area contributed by atoms with Crippen LogP contribution < -0.4 is 0 Å². The highest BCUT2D eigenvalue weighted by Crippen LogP contribution is 2.15. The topological polar surface area (TPSA) is 34.9 Å². The molecular weight excluding hydrogens is 220 g/mol. The van der Waals surface area contributed by atoms with E-state index in [1.807, 2.05) is 13.8 Å². The van der Waals surface area contributed by atoms with Crippen LogP contribution in [0.4, 0.5) is 0 Å². The van der Waals surface area contributed by atoms with Gasteiger partial charge in [0.1, 0.15) is 10.9 Å². The molecule has 0 saturated heterocycles. The third-order valence-corrected chi connectivity index (χ3v) is 2.67. The van der Waals surface area contributed by atoms with E-state index in [9.17, 15) is 4.79 Å². The first-order valence-corrected chi connectivity index (χ1v) is 4.57. The summed E-state index contributed by atoms with van der Waals surface area (Å²) in [5.74, 6) is 0.0144. The van der Waals surface area contributed by atoms with E-state index in [4.69, 9.17) is 0 Å². The van der Waals surface area contributed by atoms with Gasteiger partial charge in [0.25, 0.3) is 0 Å². The van der Waals surface area contributed by atoms with Gasteiger partial charge in [-0.3, -0.25) is 4.68 Å². The number of nitrogens with zero attached hydrogens (tertiary/aromatic N) is 2. The molecule has 1 rings (SSSR count). The van der Waals surface area contributed by atoms with Gasteiger partial charge in [-0.05, 0) is 22.9 Å². The number of aromatic nitrogens is 2. The van der Waals surface area contributed by atoms with Gasteiger partial charge in [-0.1, -0.05) is 6.92 Å². The van der Waals surface area contributed by atoms with E-state index in [-0.39, 0.29) is 5.92 Å². The first-order chi connectivity index (χ1) is 5.65. The Morgan fingerprint density at radius 1 is 1.83 bits per heavy atom. The van der Waals surface area contributed by atoms with Crippen LogP contribution >= 0.6 is 15.9 Å². The lowest BCUT2D eigenvalue weighted by Gasteiger charge is -2.04. The first-order valence-electron chi connectivity index (χ1n) is 3.78. The number of aryl methyl sites for hydroxylation is 1. The smallest absolute Gasteiger partial charge is 0.124 e. The van der Waals surface area contributed by atoms with Gasteiger partial charge in [-0.25, -0.2) is 0 Å². The largest absolute Gasteiger partial charge is 0.303 e. The third-order valence-electron chi connectivity index (χ3n) is 1.64. The summed E-state index contributed by atoms with van der Waals surface area (Å²) in [7, 11) is 0. The predicted octanol–water partition coefficient (Wildman–Crippen LogP) is 1.79. The van der Waals surface area contributed by atoms with E-state index in [1.54, 1.807) is 10.9 Å². The molecule has 0 aliphatic carbocycles. The van der Waals surface area contributed by atoms with E-state index in [0.717, 1.165) is 16.5 Å². The van der Waals surface area contributed by atoms with Crippen LogP contribution in [-0.4, -0.2) is 16.1 Å². The Balaban J connectivity index is 2.75. The average molecular weight is 231 g/mol. The summed E-state index contributed by atoms with van der Waals surface area (Å²) in [5.41, 5.74) is 1.09. The molecule has 4 heteroatoms. The minimum Gasteiger partial charge on any atom is -0.303 e. The highest BCUT2D eigenvalue weighted by Gasteiger charge is 2.06. The fourth-order valence-corrected chi connectivity index (χ4v) is 1.25. The van der Waals surface area contributed by atoms with E-state index >= 15 is 0 Å². The summed E-state index contributed by atoms with van der Waals surface area (Å²) in [4.78, 5) is 10.4. The van der Waals surface area contributed by atoms with Crippen LogP contribution in [-0.2, 0) is 11.3 Å². The van der Waals surface area contributed by atoms with Crippen molar-refractivity contribution in [2.75, 3.05) is 0 Å². The molecule has 0 aliphatic heterocycles. The lowest BCUT2D eigenvalue weighted by Crippen LogP contribution is -2.09. The Morgan fingerprint density at radius 2 is 2.50 bits per heavy atom. The zero-order valence-electron chi connectivity index (χ0n) is 7.12. The number of hydrogen-bond donors (Lipinski definition) is 0. The number of rotatable bonds is 3. The SMILES string of the molecule is Cc1cnn(CC(C)C=O)c1Br. The molecule has 0 aliphatic rings. The molecule has 1 aromatic rings. The molecule has 1 unspecified atom stereocenters. The van der Waals surface area contributed by atoms with Crippen molar-refractivity contribution >= 4 is 22.2 Å². The van der Waals surface area contributed by atoms with E-state index in [2.05, 4.69) is 21.0 Å². The van der Waals surface area contributed by atoms with Crippen molar-refractivity contribution in [3.8, 4) is 0 Å². The normalized spacial score (nSPS) is 12.9. The van der Waals surface area contributed by atoms with Crippen molar-refractivity contribution in [3.63, 3.8) is 0 Å². The summed E-state index contributed by atoms with van der Waals surface area (Å²) in [6.07, 6.45) is 2.71. The summed E-state index contributed by atoms with van der Waals surface area (Å²) in [6, 6.07) is 0. The lowest BCUT2D eigenvalue weighted by molar-refractivity contribution is -0.111. The Bertz CT molecular complexity index is 283. The quantitative estimate of drug-likeness (QED) is 0.743. The Labute approximate surface area is 79.9 Å². The summed E-state index contributed by atoms with van der Waals surface area (Å²) in [6.45, 7) is 4.48. The van der Waals surface area contributed by atoms with Gasteiger partial charge in [0.15, 0.2) is 0 Å². The molecule has 1 heterocycles. The molecule has 0 amide bonds. The number of carbonyl (C=O) groups excluding carboxylic acids is 1. The third kappa shape index (κ3) is 1.94. The molecule has 12 heavy (non-hydrogen) atoms. The Hall–Kier alpha value is -0.640. The number of hydrogen-bond acceptors (Lipinski definition) is 2. The van der Waals surface area contributed by atoms with Crippen LogP contribution in [0, 0.1) is 12.8 Å². The van der Waals surface area contributed by atoms with Crippen LogP contribution in [0.2, 0.25) is 0 Å². The number of carbonyl (C=O) groups is 1. The minimum absolute atomic E-state index is 0.0144. The molecule has 0 bridgehead atoms. The van der Waals surface area contributed by atoms with Gasteiger partial charge in [0.05, 0.1) is 12.7 Å². The van der Waals surface area contributed by atoms with Crippen molar-refractivity contribution < 1.29 is 4.79 Å². The van der Waals surface area contributed by atoms with Gasteiger partial charge in [0, 0.05) is 11.5 Å². The highest BCUT2D eigenvalue weighted by molar-refractivity contribution is 9.10. The van der Waals surface area contributed by atoms with Crippen molar-refractivity contribution in [2.24, 2.45) is 5.92 Å². The Kier molecular flexibility index (Phi) is 3.03. The van der Waals surface area contributed by atoms with Gasteiger partial charge >= 0.3 is 0 Å². The van der Waals surface area contributed by atoms with Gasteiger partial charge in [-0.2, -0.15) is 5.10 Å². The zero-order chi connectivity index (χ0) is 9.14. The molecule has 3 nitrogen and oxygen atoms in total. The van der Waals surface area contributed by atoms with Gasteiger partial charge < -0.3 is 4.79 Å². The molecule has 0 aromatic carbocycles. The monoisotopic (exact) mass is 230 g/mol. The molecule has 0 spiro atoms. The number of aldehydes is 1. The van der Waals surface area contributed by atoms with Crippen molar-refractivity contribution in [1.82, 2.24) is 9.78 Å². The predicted molar refractivity (Wildman–Crippen MR) is 49.9 cm³/mol. The molecule has 0 N–H and O–H groups in total. The van der Waals surface area contributed by atoms with E-state index < -0.39 is 0 Å². The summed E-state index contributed by atoms with van der Waals surface area (Å²) < 4.78 is 2.74. The maximum absolute atomic E-state index is 10.4. The summed E-state index contributed by atoms with van der Waals surface area (Å²) in [5, 5.41) is 4.11. The average Bonchev–Trinajstić information content (AvgIpc) is 2.36. The van der Waals surface area contributed by atoms with Gasteiger partial charge in [-0.15, -0.1) is 0 Å². The molecular formula is C8H11BrN2O. The first kappa shape index (κ1) is 9.45. The van der Waals surface area contributed by atoms with Crippen LogP contribution in [0.3, 0.4) is 0 Å². The van der Waals surface area contributed by atoms with Gasteiger partial charge in [0.2, 0.25) is 0 Å². The lowest BCUT2D eigenvalue weighted by atomic mass is 10.2. The van der Waals surface area contributed by atoms with Crippen LogP contribution in [0.1, 0.15) is 12.5 Å². The second-order valence-corrected chi connectivity index (χ2v) is 3.67. The van der Waals surface area contributed by atoms with Crippen LogP contribution in [0.25, 0.3) is 0 Å². The standard InChI is InChI=1S/C8H11BrN2O/c1-6(5-12)4-11-8(9)7(2)3-10-11/h3,5-6H,4H2,1-2H3. The van der Waals surface area contributed by atoms with Crippen molar-refractivity contribution in [3.05, 3.63) is 16.4 Å². The van der Waals surface area contributed by atoms with E-state index in [1.165, 1.54) is 0 Å². The molecule has 1 atom stereocenters. The molecule has 66 valence electrons. The molecule has 0 fully saturated rings. The van der Waals surface area contributed by atoms with E-state index in [0.29, 0.717) is 6.54 Å². The highest BCUT2D eigenvalue weighted by atomic mass is 79.9. The maximum Gasteiger partial charge on any atom is 0.124 e. The van der Waals surface area contributed by atoms with Crippen LogP contribution in [0.15, 0.2) is 10.8 Å². The van der Waals surface area contributed by atoms with Crippen LogP contribution in [0.5, 0.6) is 0 Å². The number of halogens is 1. The molecule has 0 radical (unpaired) electrons. The zero-order valence-corrected chi connectivity index (χ0v) is 8.71. The maximum atomic E-state index is 10.4. The molecule has 1 aromatic heterocycles. The fourth-order valence-electron chi connectivity index (χ4n) is 0.907. The fraction of sp³-hybridized carbons (Fsp3) is 0.500. The summed E-state index contributed by atoms with van der Waals surface area (Å²) >= 11 is 3.39. The minimum atomic E-state index is 0.0144. The van der Waals surface area contributed by atoms with Crippen molar-refractivity contribution in [1.29, 1.82) is 0 Å².